The van der Waals surface area contributed by atoms with Crippen molar-refractivity contribution in [3.05, 3.63) is 192 Å². The van der Waals surface area contributed by atoms with Gasteiger partial charge in [0.1, 0.15) is 0 Å². The van der Waals surface area contributed by atoms with E-state index in [1.165, 1.54) is 109 Å². The van der Waals surface area contributed by atoms with Gasteiger partial charge in [-0.25, -0.2) is 0 Å². The summed E-state index contributed by atoms with van der Waals surface area (Å²) in [5, 5.41) is 8.79. The SMILES string of the molecule is C1=C\CC/C=C\CC/1.F[B-](F)(F)F.[Rh].c1ccc(P(c2ccccc2)c2ccc3c(c2-c2c(P(c4ccccc4)c4ccccc4)ccc4c2CCCC4)CCCC3)cc1. The maximum atomic E-state index is 9.75. The third-order valence-corrected chi connectivity index (χ3v) is 16.1. The Morgan fingerprint density at radius 2 is 0.617 bits per heavy atom. The van der Waals surface area contributed by atoms with Crippen LogP contribution in [0.5, 0.6) is 0 Å². The Morgan fingerprint density at radius 3 is 0.900 bits per heavy atom. The van der Waals surface area contributed by atoms with Gasteiger partial charge in [0.15, 0.2) is 0 Å². The number of allylic oxidation sites excluding steroid dienone is 4. The number of benzene rings is 6. The maximum absolute atomic E-state index is 9.75. The van der Waals surface area contributed by atoms with Gasteiger partial charge in [0.2, 0.25) is 0 Å². The van der Waals surface area contributed by atoms with Crippen LogP contribution in [0.1, 0.15) is 73.6 Å². The van der Waals surface area contributed by atoms with E-state index in [0.717, 1.165) is 0 Å². The first-order valence-corrected chi connectivity index (χ1v) is 23.8. The van der Waals surface area contributed by atoms with Gasteiger partial charge in [-0.05, 0) is 158 Å². The van der Waals surface area contributed by atoms with Crippen LogP contribution >= 0.6 is 15.8 Å². The quantitative estimate of drug-likeness (QED) is 0.0648. The molecule has 0 fully saturated rings. The molecule has 0 aromatic heterocycles. The summed E-state index contributed by atoms with van der Waals surface area (Å²) in [5.74, 6) is 0. The second-order valence-corrected chi connectivity index (χ2v) is 19.6. The standard InChI is InChI=1S/C44H40P2.C8H12.BF4.Rh/c1-5-19-35(20-6-1)45(36-21-7-2-8-22-36)41-31-29-33-17-13-15-27-39(33)43(41)44-40-28-16-14-18-34(40)30-32-42(44)46(37-23-9-3-10-24-37)38-25-11-4-12-26-38;1-2-4-6-8-7-5-3-1;2-1(3,4)5;/h1-12,19-26,29-32H,13-18,27-28H2;1-2,7-8H,3-6H2;;/q;;-1;/b;2-1-,8-7-;;. The average molecular weight is 929 g/mol. The molecule has 0 nitrogen and oxygen atoms in total. The van der Waals surface area contributed by atoms with Crippen molar-refractivity contribution in [2.75, 3.05) is 0 Å². The first-order chi connectivity index (χ1) is 28.9. The van der Waals surface area contributed by atoms with Crippen LogP contribution in [0.15, 0.2) is 170 Å². The Balaban J connectivity index is 0.000000373. The molecular formula is C52H52BF4P2Rh-. The van der Waals surface area contributed by atoms with E-state index in [-0.39, 0.29) is 19.5 Å². The Bertz CT molecular complexity index is 2040. The minimum atomic E-state index is -6.00. The average Bonchev–Trinajstić information content (AvgIpc) is 3.25. The zero-order valence-corrected chi connectivity index (χ0v) is 37.4. The maximum Gasteiger partial charge on any atom is 0.673 e. The van der Waals surface area contributed by atoms with E-state index in [9.17, 15) is 17.3 Å². The van der Waals surface area contributed by atoms with E-state index in [2.05, 4.69) is 170 Å². The minimum absolute atomic E-state index is 0. The smallest absolute Gasteiger partial charge is 0.418 e. The zero-order valence-electron chi connectivity index (χ0n) is 34.0. The molecule has 0 spiro atoms. The van der Waals surface area contributed by atoms with Crippen LogP contribution in [0.2, 0.25) is 0 Å². The van der Waals surface area contributed by atoms with Crippen molar-refractivity contribution in [2.45, 2.75) is 77.0 Å². The molecule has 0 aliphatic heterocycles. The summed E-state index contributed by atoms with van der Waals surface area (Å²) in [6.07, 6.45) is 23.8. The first-order valence-electron chi connectivity index (χ1n) is 21.1. The number of fused-ring (bicyclic) bond motifs is 2. The molecule has 0 unspecified atom stereocenters. The fourth-order valence-corrected chi connectivity index (χ4v) is 13.6. The van der Waals surface area contributed by atoms with Crippen LogP contribution in [0.3, 0.4) is 0 Å². The molecule has 0 saturated heterocycles. The number of hydrogen-bond donors (Lipinski definition) is 0. The van der Waals surface area contributed by atoms with Gasteiger partial charge in [0.05, 0.1) is 0 Å². The van der Waals surface area contributed by atoms with Gasteiger partial charge < -0.3 is 17.3 Å². The van der Waals surface area contributed by atoms with E-state index < -0.39 is 23.1 Å². The normalized spacial score (nSPS) is 15.6. The summed E-state index contributed by atoms with van der Waals surface area (Å²) in [5.41, 5.74) is 9.54. The predicted octanol–water partition coefficient (Wildman–Crippen LogP) is 12.6. The molecule has 0 saturated carbocycles. The van der Waals surface area contributed by atoms with Crippen molar-refractivity contribution in [1.82, 2.24) is 0 Å². The molecule has 6 aromatic carbocycles. The summed E-state index contributed by atoms with van der Waals surface area (Å²) in [7, 11) is -7.50. The van der Waals surface area contributed by atoms with Gasteiger partial charge in [0, 0.05) is 19.5 Å². The van der Waals surface area contributed by atoms with Gasteiger partial charge in [-0.3, -0.25) is 0 Å². The number of hydrogen-bond acceptors (Lipinski definition) is 0. The van der Waals surface area contributed by atoms with E-state index in [1.807, 2.05) is 0 Å². The molecule has 3 aliphatic carbocycles. The molecule has 9 rings (SSSR count). The summed E-state index contributed by atoms with van der Waals surface area (Å²) in [4.78, 5) is 0. The van der Waals surface area contributed by atoms with Gasteiger partial charge in [-0.15, -0.1) is 0 Å². The molecule has 1 radical (unpaired) electrons. The summed E-state index contributed by atoms with van der Waals surface area (Å²) in [6, 6.07) is 55.5. The summed E-state index contributed by atoms with van der Waals surface area (Å²) in [6.45, 7) is 0. The third-order valence-electron chi connectivity index (χ3n) is 11.1. The van der Waals surface area contributed by atoms with E-state index in [0.29, 0.717) is 0 Å². The monoisotopic (exact) mass is 928 g/mol. The van der Waals surface area contributed by atoms with E-state index >= 15 is 0 Å². The molecule has 0 bridgehead atoms. The van der Waals surface area contributed by atoms with Crippen molar-refractivity contribution in [3.63, 3.8) is 0 Å². The molecule has 8 heteroatoms. The van der Waals surface area contributed by atoms with Crippen LogP contribution in [0, 0.1) is 0 Å². The molecule has 0 amide bonds. The van der Waals surface area contributed by atoms with Crippen LogP contribution in [-0.2, 0) is 45.2 Å². The number of rotatable bonds is 7. The predicted molar refractivity (Wildman–Crippen MR) is 250 cm³/mol. The van der Waals surface area contributed by atoms with Gasteiger partial charge in [-0.1, -0.05) is 170 Å². The second-order valence-electron chi connectivity index (χ2n) is 15.2. The van der Waals surface area contributed by atoms with E-state index in [1.54, 1.807) is 33.4 Å². The Hall–Kier alpha value is -3.93. The molecule has 311 valence electrons. The molecule has 0 atom stereocenters. The molecule has 60 heavy (non-hydrogen) atoms. The third kappa shape index (κ3) is 12.1. The largest absolute Gasteiger partial charge is 0.673 e. The van der Waals surface area contributed by atoms with Crippen LogP contribution in [0.25, 0.3) is 11.1 Å². The molecule has 6 aromatic rings. The van der Waals surface area contributed by atoms with Gasteiger partial charge in [0.25, 0.3) is 0 Å². The minimum Gasteiger partial charge on any atom is -0.418 e. The van der Waals surface area contributed by atoms with Crippen molar-refractivity contribution in [3.8, 4) is 11.1 Å². The first kappa shape index (κ1) is 45.6. The van der Waals surface area contributed by atoms with Crippen LogP contribution in [0.4, 0.5) is 17.3 Å². The van der Waals surface area contributed by atoms with Crippen molar-refractivity contribution >= 4 is 54.9 Å². The summed E-state index contributed by atoms with van der Waals surface area (Å²) >= 11 is 0. The second kappa shape index (κ2) is 22.8. The fourth-order valence-electron chi connectivity index (χ4n) is 8.58. The van der Waals surface area contributed by atoms with Crippen LogP contribution in [-0.4, -0.2) is 7.25 Å². The van der Waals surface area contributed by atoms with Crippen molar-refractivity contribution < 1.29 is 36.7 Å². The number of aryl methyl sites for hydroxylation is 2. The summed E-state index contributed by atoms with van der Waals surface area (Å²) < 4.78 is 39.0. The Morgan fingerprint density at radius 1 is 0.350 bits per heavy atom. The van der Waals surface area contributed by atoms with Crippen molar-refractivity contribution in [2.24, 2.45) is 0 Å². The zero-order chi connectivity index (χ0) is 40.9. The topological polar surface area (TPSA) is 0 Å². The van der Waals surface area contributed by atoms with Crippen molar-refractivity contribution in [1.29, 1.82) is 0 Å². The molecule has 3 aliphatic rings. The Kier molecular flexibility index (Phi) is 17.3. The number of halogens is 4. The van der Waals surface area contributed by atoms with Gasteiger partial charge >= 0.3 is 7.25 Å². The van der Waals surface area contributed by atoms with Crippen LogP contribution < -0.4 is 31.8 Å². The molecular weight excluding hydrogens is 876 g/mol. The fraction of sp³-hybridized carbons (Fsp3) is 0.231. The molecule has 0 N–H and O–H groups in total. The molecule has 0 heterocycles. The van der Waals surface area contributed by atoms with E-state index in [4.69, 9.17) is 0 Å². The Labute approximate surface area is 370 Å². The van der Waals surface area contributed by atoms with Gasteiger partial charge in [-0.2, -0.15) is 0 Å².